The first-order chi connectivity index (χ1) is 9.06. The summed E-state index contributed by atoms with van der Waals surface area (Å²) in [4.78, 5) is 18.4. The van der Waals surface area contributed by atoms with Crippen LogP contribution in [-0.2, 0) is 11.3 Å². The number of unbranched alkanes of at least 4 members (excludes halogenated alkanes) is 1. The van der Waals surface area contributed by atoms with Crippen LogP contribution < -0.4 is 5.73 Å². The van der Waals surface area contributed by atoms with E-state index in [4.69, 9.17) is 5.73 Å². The Hall–Kier alpha value is -1.42. The molecule has 0 fully saturated rings. The van der Waals surface area contributed by atoms with Crippen LogP contribution in [-0.4, -0.2) is 27.9 Å². The van der Waals surface area contributed by atoms with Crippen LogP contribution >= 0.6 is 0 Å². The fourth-order valence-electron chi connectivity index (χ4n) is 1.94. The van der Waals surface area contributed by atoms with Gasteiger partial charge < -0.3 is 10.6 Å². The number of pyridine rings is 1. The van der Waals surface area contributed by atoms with Crippen LogP contribution in [0.2, 0.25) is 0 Å². The van der Waals surface area contributed by atoms with Crippen molar-refractivity contribution in [3.63, 3.8) is 0 Å². The number of nitrogens with zero attached hydrogens (tertiary/aromatic N) is 2. The topological polar surface area (TPSA) is 59.2 Å². The zero-order valence-corrected chi connectivity index (χ0v) is 12.2. The molecule has 19 heavy (non-hydrogen) atoms. The number of nitrogens with two attached hydrogens (primary N) is 1. The smallest absolute Gasteiger partial charge is 0.240 e. The third-order valence-electron chi connectivity index (χ3n) is 3.15. The summed E-state index contributed by atoms with van der Waals surface area (Å²) < 4.78 is 0. The van der Waals surface area contributed by atoms with Crippen LogP contribution in [0.1, 0.15) is 45.7 Å². The Morgan fingerprint density at radius 2 is 2.16 bits per heavy atom. The maximum atomic E-state index is 12.4. The number of carbonyl (C=O) groups excluding carboxylic acids is 1. The highest BCUT2D eigenvalue weighted by molar-refractivity contribution is 5.81. The summed E-state index contributed by atoms with van der Waals surface area (Å²) in [5, 5.41) is 0. The van der Waals surface area contributed by atoms with E-state index in [1.54, 1.807) is 6.20 Å². The molecule has 1 aromatic rings. The minimum atomic E-state index is -0.397. The van der Waals surface area contributed by atoms with Gasteiger partial charge in [-0.1, -0.05) is 25.8 Å². The van der Waals surface area contributed by atoms with Gasteiger partial charge in [0.25, 0.3) is 0 Å². The quantitative estimate of drug-likeness (QED) is 0.821. The van der Waals surface area contributed by atoms with E-state index in [0.29, 0.717) is 6.54 Å². The van der Waals surface area contributed by atoms with Gasteiger partial charge in [-0.15, -0.1) is 0 Å². The molecule has 1 rings (SSSR count). The Morgan fingerprint density at radius 1 is 1.42 bits per heavy atom. The van der Waals surface area contributed by atoms with E-state index in [1.165, 1.54) is 0 Å². The summed E-state index contributed by atoms with van der Waals surface area (Å²) in [6, 6.07) is 5.47. The third kappa shape index (κ3) is 4.99. The highest BCUT2D eigenvalue weighted by Gasteiger charge is 2.23. The first-order valence-corrected chi connectivity index (χ1v) is 7.02. The minimum Gasteiger partial charge on any atom is -0.333 e. The SMILES string of the molecule is CCCCC(N)C(=O)N(Cc1ccccn1)C(C)C. The summed E-state index contributed by atoms with van der Waals surface area (Å²) in [5.74, 6) is 0.0223. The van der Waals surface area contributed by atoms with Gasteiger partial charge in [0.2, 0.25) is 5.91 Å². The number of carbonyl (C=O) groups is 1. The molecule has 0 bridgehead atoms. The fraction of sp³-hybridized carbons (Fsp3) is 0.600. The van der Waals surface area contributed by atoms with Crippen LogP contribution in [0.3, 0.4) is 0 Å². The van der Waals surface area contributed by atoms with Crippen LogP contribution in [0.25, 0.3) is 0 Å². The van der Waals surface area contributed by atoms with E-state index in [1.807, 2.05) is 36.9 Å². The highest BCUT2D eigenvalue weighted by Crippen LogP contribution is 2.10. The third-order valence-corrected chi connectivity index (χ3v) is 3.15. The molecule has 0 aliphatic carbocycles. The van der Waals surface area contributed by atoms with Crippen molar-refractivity contribution >= 4 is 5.91 Å². The fourth-order valence-corrected chi connectivity index (χ4v) is 1.94. The van der Waals surface area contributed by atoms with Gasteiger partial charge in [-0.05, 0) is 32.4 Å². The molecule has 1 aromatic heterocycles. The molecule has 0 radical (unpaired) electrons. The molecule has 1 unspecified atom stereocenters. The van der Waals surface area contributed by atoms with Gasteiger partial charge in [0.05, 0.1) is 18.3 Å². The predicted molar refractivity (Wildman–Crippen MR) is 77.4 cm³/mol. The van der Waals surface area contributed by atoms with Crippen molar-refractivity contribution in [3.05, 3.63) is 30.1 Å². The van der Waals surface area contributed by atoms with E-state index in [0.717, 1.165) is 25.0 Å². The van der Waals surface area contributed by atoms with E-state index in [-0.39, 0.29) is 11.9 Å². The normalized spacial score (nSPS) is 12.5. The molecule has 4 heteroatoms. The first-order valence-electron chi connectivity index (χ1n) is 7.02. The van der Waals surface area contributed by atoms with E-state index in [9.17, 15) is 4.79 Å². The Labute approximate surface area is 116 Å². The summed E-state index contributed by atoms with van der Waals surface area (Å²) >= 11 is 0. The summed E-state index contributed by atoms with van der Waals surface area (Å²) in [5.41, 5.74) is 6.88. The average molecular weight is 263 g/mol. The Morgan fingerprint density at radius 3 is 2.68 bits per heavy atom. The highest BCUT2D eigenvalue weighted by atomic mass is 16.2. The van der Waals surface area contributed by atoms with Gasteiger partial charge in [0.15, 0.2) is 0 Å². The molecule has 2 N–H and O–H groups in total. The van der Waals surface area contributed by atoms with Gasteiger partial charge in [-0.2, -0.15) is 0 Å². The molecule has 1 heterocycles. The van der Waals surface area contributed by atoms with Gasteiger partial charge in [-0.3, -0.25) is 9.78 Å². The maximum Gasteiger partial charge on any atom is 0.240 e. The lowest BCUT2D eigenvalue weighted by Gasteiger charge is -2.29. The lowest BCUT2D eigenvalue weighted by molar-refractivity contribution is -0.135. The number of hydrogen-bond donors (Lipinski definition) is 1. The van der Waals surface area contributed by atoms with Gasteiger partial charge in [0, 0.05) is 12.2 Å². The van der Waals surface area contributed by atoms with Crippen LogP contribution in [0.4, 0.5) is 0 Å². The average Bonchev–Trinajstić information content (AvgIpc) is 2.42. The second kappa shape index (κ2) is 7.89. The largest absolute Gasteiger partial charge is 0.333 e. The van der Waals surface area contributed by atoms with Crippen molar-refractivity contribution < 1.29 is 4.79 Å². The molecule has 1 amide bonds. The molecule has 0 saturated carbocycles. The predicted octanol–water partition coefficient (Wildman–Crippen LogP) is 2.34. The molecule has 0 spiro atoms. The number of amides is 1. The van der Waals surface area contributed by atoms with E-state index < -0.39 is 6.04 Å². The van der Waals surface area contributed by atoms with Crippen LogP contribution in [0.5, 0.6) is 0 Å². The van der Waals surface area contributed by atoms with Crippen molar-refractivity contribution in [3.8, 4) is 0 Å². The second-order valence-electron chi connectivity index (χ2n) is 5.13. The zero-order valence-electron chi connectivity index (χ0n) is 12.2. The standard InChI is InChI=1S/C15H25N3O/c1-4-5-9-14(16)15(19)18(12(2)3)11-13-8-6-7-10-17-13/h6-8,10,12,14H,4-5,9,11,16H2,1-3H3. The number of hydrogen-bond acceptors (Lipinski definition) is 3. The monoisotopic (exact) mass is 263 g/mol. The Kier molecular flexibility index (Phi) is 6.50. The Balaban J connectivity index is 2.69. The number of rotatable bonds is 7. The molecular weight excluding hydrogens is 238 g/mol. The van der Waals surface area contributed by atoms with Crippen molar-refractivity contribution in [2.75, 3.05) is 0 Å². The van der Waals surface area contributed by atoms with Crippen LogP contribution in [0, 0.1) is 0 Å². The molecule has 4 nitrogen and oxygen atoms in total. The van der Waals surface area contributed by atoms with Crippen molar-refractivity contribution in [2.45, 2.75) is 58.7 Å². The lowest BCUT2D eigenvalue weighted by atomic mass is 10.1. The van der Waals surface area contributed by atoms with E-state index in [2.05, 4.69) is 11.9 Å². The van der Waals surface area contributed by atoms with E-state index >= 15 is 0 Å². The minimum absolute atomic E-state index is 0.0223. The molecule has 106 valence electrons. The molecule has 0 saturated heterocycles. The molecule has 0 aromatic carbocycles. The molecule has 0 aliphatic rings. The molecular formula is C15H25N3O. The molecule has 1 atom stereocenters. The first kappa shape index (κ1) is 15.6. The zero-order chi connectivity index (χ0) is 14.3. The Bertz CT molecular complexity index is 378. The van der Waals surface area contributed by atoms with Gasteiger partial charge >= 0.3 is 0 Å². The molecule has 0 aliphatic heterocycles. The van der Waals surface area contributed by atoms with Gasteiger partial charge in [-0.25, -0.2) is 0 Å². The number of aromatic nitrogens is 1. The van der Waals surface area contributed by atoms with Crippen molar-refractivity contribution in [1.29, 1.82) is 0 Å². The maximum absolute atomic E-state index is 12.4. The lowest BCUT2D eigenvalue weighted by Crippen LogP contribution is -2.46. The second-order valence-corrected chi connectivity index (χ2v) is 5.13. The van der Waals surface area contributed by atoms with Gasteiger partial charge in [0.1, 0.15) is 0 Å². The summed E-state index contributed by atoms with van der Waals surface area (Å²) in [6.07, 6.45) is 4.54. The summed E-state index contributed by atoms with van der Waals surface area (Å²) in [6.45, 7) is 6.64. The van der Waals surface area contributed by atoms with Crippen molar-refractivity contribution in [2.24, 2.45) is 5.73 Å². The van der Waals surface area contributed by atoms with Crippen LogP contribution in [0.15, 0.2) is 24.4 Å². The summed E-state index contributed by atoms with van der Waals surface area (Å²) in [7, 11) is 0. The van der Waals surface area contributed by atoms with Crippen molar-refractivity contribution in [1.82, 2.24) is 9.88 Å².